The van der Waals surface area contributed by atoms with Crippen molar-refractivity contribution in [2.24, 2.45) is 0 Å². The highest BCUT2D eigenvalue weighted by Gasteiger charge is 2.57. The van der Waals surface area contributed by atoms with Gasteiger partial charge in [0.15, 0.2) is 12.1 Å². The number of halogens is 1. The molecular formula is C18H25ClO5. The van der Waals surface area contributed by atoms with E-state index in [2.05, 4.69) is 6.92 Å². The number of hydrogen-bond acceptors (Lipinski definition) is 5. The molecule has 6 heteroatoms. The molecule has 24 heavy (non-hydrogen) atoms. The van der Waals surface area contributed by atoms with Gasteiger partial charge in [-0.05, 0) is 43.5 Å². The molecule has 0 bridgehead atoms. The molecule has 0 radical (unpaired) electrons. The topological polar surface area (TPSA) is 57.2 Å². The van der Waals surface area contributed by atoms with Crippen LogP contribution in [0.25, 0.3) is 0 Å². The highest BCUT2D eigenvalue weighted by Crippen LogP contribution is 2.43. The maximum absolute atomic E-state index is 11.0. The summed E-state index contributed by atoms with van der Waals surface area (Å²) < 4.78 is 23.1. The minimum atomic E-state index is -0.839. The van der Waals surface area contributed by atoms with E-state index in [0.29, 0.717) is 5.02 Å². The first-order valence-corrected chi connectivity index (χ1v) is 8.74. The van der Waals surface area contributed by atoms with Crippen molar-refractivity contribution in [2.45, 2.75) is 70.1 Å². The largest absolute Gasteiger partial charge is 0.386 e. The molecule has 5 nitrogen and oxygen atoms in total. The van der Waals surface area contributed by atoms with E-state index in [1.54, 1.807) is 13.2 Å². The molecule has 2 aliphatic heterocycles. The Morgan fingerprint density at radius 2 is 2.00 bits per heavy atom. The van der Waals surface area contributed by atoms with E-state index in [9.17, 15) is 5.11 Å². The first-order chi connectivity index (χ1) is 11.4. The summed E-state index contributed by atoms with van der Waals surface area (Å²) in [7, 11) is 1.57. The lowest BCUT2D eigenvalue weighted by Crippen LogP contribution is -2.34. The number of hydrogen-bond donors (Lipinski definition) is 1. The van der Waals surface area contributed by atoms with Crippen molar-refractivity contribution in [3.8, 4) is 0 Å². The SMILES string of the molecule is CCCc1cc(Cl)ccc1[C@@H](O)[C@H]1O[C@@H](OC)[C@@H]2OC(C)(C)O[C@@H]21. The number of ether oxygens (including phenoxy) is 4. The van der Waals surface area contributed by atoms with Gasteiger partial charge in [0.2, 0.25) is 0 Å². The second-order valence-corrected chi connectivity index (χ2v) is 7.24. The minimum absolute atomic E-state index is 0.355. The van der Waals surface area contributed by atoms with Gasteiger partial charge in [-0.15, -0.1) is 0 Å². The Bertz CT molecular complexity index is 591. The van der Waals surface area contributed by atoms with Crippen molar-refractivity contribution >= 4 is 11.6 Å². The van der Waals surface area contributed by atoms with Crippen molar-refractivity contribution in [1.29, 1.82) is 0 Å². The van der Waals surface area contributed by atoms with Gasteiger partial charge in [-0.25, -0.2) is 0 Å². The average molecular weight is 357 g/mol. The maximum Gasteiger partial charge on any atom is 0.186 e. The van der Waals surface area contributed by atoms with Crippen LogP contribution in [0.1, 0.15) is 44.4 Å². The van der Waals surface area contributed by atoms with Crippen LogP contribution >= 0.6 is 11.6 Å². The molecule has 0 spiro atoms. The van der Waals surface area contributed by atoms with Crippen LogP contribution in [-0.4, -0.2) is 42.6 Å². The molecule has 1 N–H and O–H groups in total. The molecule has 0 amide bonds. The summed E-state index contributed by atoms with van der Waals surface area (Å²) in [5, 5.41) is 11.7. The van der Waals surface area contributed by atoms with Crippen LogP contribution in [0.15, 0.2) is 18.2 Å². The molecule has 0 unspecified atom stereocenters. The van der Waals surface area contributed by atoms with Crippen LogP contribution in [0.4, 0.5) is 0 Å². The van der Waals surface area contributed by atoms with Crippen molar-refractivity contribution in [3.05, 3.63) is 34.3 Å². The fraction of sp³-hybridized carbons (Fsp3) is 0.667. The predicted molar refractivity (Wildman–Crippen MR) is 89.9 cm³/mol. The minimum Gasteiger partial charge on any atom is -0.386 e. The summed E-state index contributed by atoms with van der Waals surface area (Å²) in [6.45, 7) is 5.80. The van der Waals surface area contributed by atoms with Crippen LogP contribution in [0.5, 0.6) is 0 Å². The molecule has 0 saturated carbocycles. The summed E-state index contributed by atoms with van der Waals surface area (Å²) >= 11 is 6.11. The Morgan fingerprint density at radius 3 is 2.67 bits per heavy atom. The standard InChI is InChI=1S/C18H25ClO5/c1-5-6-10-9-11(19)7-8-12(10)13(20)14-15-16(17(21-4)22-14)24-18(2,3)23-15/h7-9,13-17,20H,5-6H2,1-4H3/t13-,14-,15-,16-,17-/m1/s1. The molecule has 134 valence electrons. The van der Waals surface area contributed by atoms with Crippen LogP contribution in [-0.2, 0) is 25.4 Å². The fourth-order valence-electron chi connectivity index (χ4n) is 3.56. The zero-order chi connectivity index (χ0) is 17.5. The molecule has 2 fully saturated rings. The number of rotatable bonds is 5. The smallest absolute Gasteiger partial charge is 0.186 e. The van der Waals surface area contributed by atoms with Crippen LogP contribution in [0.2, 0.25) is 5.02 Å². The Hall–Kier alpha value is -0.690. The zero-order valence-electron chi connectivity index (χ0n) is 14.5. The second kappa shape index (κ2) is 6.90. The number of aryl methyl sites for hydroxylation is 1. The van der Waals surface area contributed by atoms with Crippen LogP contribution < -0.4 is 0 Å². The second-order valence-electron chi connectivity index (χ2n) is 6.81. The molecule has 1 aromatic rings. The van der Waals surface area contributed by atoms with Gasteiger partial charge in [0.1, 0.15) is 24.4 Å². The van der Waals surface area contributed by atoms with E-state index in [4.69, 9.17) is 30.5 Å². The first kappa shape index (κ1) is 18.1. The van der Waals surface area contributed by atoms with Gasteiger partial charge in [0.05, 0.1) is 0 Å². The summed E-state index contributed by atoms with van der Waals surface area (Å²) in [5.41, 5.74) is 1.84. The monoisotopic (exact) mass is 356 g/mol. The van der Waals surface area contributed by atoms with Crippen LogP contribution in [0.3, 0.4) is 0 Å². The van der Waals surface area contributed by atoms with Crippen molar-refractivity contribution in [2.75, 3.05) is 7.11 Å². The lowest BCUT2D eigenvalue weighted by Gasteiger charge is -2.27. The molecule has 2 heterocycles. The third-order valence-electron chi connectivity index (χ3n) is 4.53. The third kappa shape index (κ3) is 3.34. The average Bonchev–Trinajstić information content (AvgIpc) is 3.00. The summed E-state index contributed by atoms with van der Waals surface area (Å²) in [5.74, 6) is -0.722. The lowest BCUT2D eigenvalue weighted by molar-refractivity contribution is -0.237. The third-order valence-corrected chi connectivity index (χ3v) is 4.77. The fourth-order valence-corrected chi connectivity index (χ4v) is 3.76. The first-order valence-electron chi connectivity index (χ1n) is 8.36. The number of fused-ring (bicyclic) bond motifs is 1. The highest BCUT2D eigenvalue weighted by molar-refractivity contribution is 6.30. The van der Waals surface area contributed by atoms with E-state index in [1.165, 1.54) is 0 Å². The number of aliphatic hydroxyl groups excluding tert-OH is 1. The van der Waals surface area contributed by atoms with Crippen molar-refractivity contribution < 1.29 is 24.1 Å². The van der Waals surface area contributed by atoms with Gasteiger partial charge < -0.3 is 24.1 Å². The lowest BCUT2D eigenvalue weighted by atomic mass is 9.93. The molecule has 0 aliphatic carbocycles. The normalized spacial score (nSPS) is 32.8. The van der Waals surface area contributed by atoms with E-state index in [0.717, 1.165) is 24.0 Å². The van der Waals surface area contributed by atoms with E-state index in [-0.39, 0.29) is 12.2 Å². The molecule has 1 aromatic carbocycles. The van der Waals surface area contributed by atoms with E-state index >= 15 is 0 Å². The van der Waals surface area contributed by atoms with Gasteiger partial charge in [-0.2, -0.15) is 0 Å². The van der Waals surface area contributed by atoms with Gasteiger partial charge in [0.25, 0.3) is 0 Å². The molecule has 2 saturated heterocycles. The molecule has 5 atom stereocenters. The summed E-state index contributed by atoms with van der Waals surface area (Å²) in [4.78, 5) is 0. The molecule has 2 aliphatic rings. The number of aliphatic hydroxyl groups is 1. The molecule has 0 aromatic heterocycles. The summed E-state index contributed by atoms with van der Waals surface area (Å²) in [6, 6.07) is 5.55. The quantitative estimate of drug-likeness (QED) is 0.877. The maximum atomic E-state index is 11.0. The van der Waals surface area contributed by atoms with E-state index < -0.39 is 24.3 Å². The number of methoxy groups -OCH3 is 1. The van der Waals surface area contributed by atoms with Gasteiger partial charge in [-0.1, -0.05) is 31.0 Å². The van der Waals surface area contributed by atoms with Gasteiger partial charge in [0, 0.05) is 12.1 Å². The predicted octanol–water partition coefficient (Wildman–Crippen LogP) is 3.22. The Balaban J connectivity index is 1.88. The van der Waals surface area contributed by atoms with Gasteiger partial charge >= 0.3 is 0 Å². The van der Waals surface area contributed by atoms with Gasteiger partial charge in [-0.3, -0.25) is 0 Å². The molecule has 3 rings (SSSR count). The van der Waals surface area contributed by atoms with Crippen molar-refractivity contribution in [1.82, 2.24) is 0 Å². The van der Waals surface area contributed by atoms with Crippen molar-refractivity contribution in [3.63, 3.8) is 0 Å². The summed E-state index contributed by atoms with van der Waals surface area (Å²) in [6.07, 6.45) is -0.891. The Kier molecular flexibility index (Phi) is 5.21. The Labute approximate surface area is 147 Å². The number of benzene rings is 1. The highest BCUT2D eigenvalue weighted by atomic mass is 35.5. The van der Waals surface area contributed by atoms with Crippen LogP contribution in [0, 0.1) is 0 Å². The van der Waals surface area contributed by atoms with E-state index in [1.807, 2.05) is 26.0 Å². The zero-order valence-corrected chi connectivity index (χ0v) is 15.2. The molecular weight excluding hydrogens is 332 g/mol. The Morgan fingerprint density at radius 1 is 1.29 bits per heavy atom.